The molecule has 5 nitrogen and oxygen atoms in total. The highest BCUT2D eigenvalue weighted by Crippen LogP contribution is 2.36. The van der Waals surface area contributed by atoms with Crippen LogP contribution in [0.3, 0.4) is 0 Å². The number of fused-ring (bicyclic) bond motifs is 1. The van der Waals surface area contributed by atoms with Crippen LogP contribution < -0.4 is 4.74 Å². The lowest BCUT2D eigenvalue weighted by atomic mass is 9.75. The highest BCUT2D eigenvalue weighted by Gasteiger charge is 2.31. The Hall–Kier alpha value is -2.15. The number of methoxy groups -OCH3 is 1. The molecule has 0 unspecified atom stereocenters. The quantitative estimate of drug-likeness (QED) is 0.417. The molecular weight excluding hydrogens is 440 g/mol. The number of ether oxygens (including phenoxy) is 1. The van der Waals surface area contributed by atoms with E-state index in [2.05, 4.69) is 4.90 Å². The molecule has 2 atom stereocenters. The van der Waals surface area contributed by atoms with Crippen LogP contribution in [0, 0.1) is 16.6 Å². The average Bonchev–Trinajstić information content (AvgIpc) is 3.15. The van der Waals surface area contributed by atoms with Crippen molar-refractivity contribution in [3.05, 3.63) is 58.3 Å². The molecule has 0 radical (unpaired) electrons. The van der Waals surface area contributed by atoms with Gasteiger partial charge in [0.05, 0.1) is 25.0 Å². The van der Waals surface area contributed by atoms with Gasteiger partial charge in [0.25, 0.3) is 0 Å². The molecule has 2 aliphatic rings. The molecule has 0 amide bonds. The molecule has 0 bridgehead atoms. The van der Waals surface area contributed by atoms with Crippen LogP contribution in [0.2, 0.25) is 5.02 Å². The molecule has 1 aliphatic heterocycles. The lowest BCUT2D eigenvalue weighted by Gasteiger charge is -2.41. The van der Waals surface area contributed by atoms with Crippen LogP contribution in [0.1, 0.15) is 32.1 Å². The summed E-state index contributed by atoms with van der Waals surface area (Å²) in [5.74, 6) is 3.28. The summed E-state index contributed by atoms with van der Waals surface area (Å²) >= 11 is 12.1. The number of hydrogen-bond acceptors (Lipinski definition) is 4. The molecule has 32 heavy (non-hydrogen) atoms. The van der Waals surface area contributed by atoms with Crippen LogP contribution in [0.15, 0.2) is 48.5 Å². The standard InChI is InChI=1S/C25H29ClN4OS/c1-31-23-9-5-4-8-22(23)24-27-29(25(32)30(24)21-12-10-20(26)11-13-21)17-28-15-14-18-6-2-3-7-19(18)16-28/h4-5,8-13,18-19H,2-3,6-7,14-17H2,1H3/t18-,19+/m0/s1. The van der Waals surface area contributed by atoms with Gasteiger partial charge in [0.1, 0.15) is 5.75 Å². The zero-order chi connectivity index (χ0) is 22.1. The molecule has 7 heteroatoms. The molecule has 2 heterocycles. The summed E-state index contributed by atoms with van der Waals surface area (Å²) in [6.45, 7) is 2.97. The zero-order valence-corrected chi connectivity index (χ0v) is 20.0. The first kappa shape index (κ1) is 21.7. The van der Waals surface area contributed by atoms with Crippen LogP contribution in [-0.2, 0) is 6.67 Å². The first-order chi connectivity index (χ1) is 15.6. The molecule has 1 aliphatic carbocycles. The topological polar surface area (TPSA) is 35.2 Å². The Kier molecular flexibility index (Phi) is 6.35. The van der Waals surface area contributed by atoms with Crippen molar-refractivity contribution in [2.24, 2.45) is 11.8 Å². The van der Waals surface area contributed by atoms with Gasteiger partial charge >= 0.3 is 0 Å². The van der Waals surface area contributed by atoms with E-state index in [0.717, 1.165) is 47.8 Å². The second-order valence-electron chi connectivity index (χ2n) is 8.93. The van der Waals surface area contributed by atoms with E-state index in [1.54, 1.807) is 7.11 Å². The second kappa shape index (κ2) is 9.38. The summed E-state index contributed by atoms with van der Waals surface area (Å²) in [7, 11) is 1.69. The van der Waals surface area contributed by atoms with Crippen LogP contribution in [-0.4, -0.2) is 39.4 Å². The zero-order valence-electron chi connectivity index (χ0n) is 18.4. The summed E-state index contributed by atoms with van der Waals surface area (Å²) in [5.41, 5.74) is 1.86. The minimum atomic E-state index is 0.680. The SMILES string of the molecule is COc1ccccc1-c1nn(CN2CC[C@@H]3CCCC[C@@H]3C2)c(=S)n1-c1ccc(Cl)cc1. The van der Waals surface area contributed by atoms with Crippen LogP contribution in [0.5, 0.6) is 5.75 Å². The van der Waals surface area contributed by atoms with Crippen LogP contribution in [0.25, 0.3) is 17.1 Å². The third kappa shape index (κ3) is 4.24. The maximum atomic E-state index is 6.15. The van der Waals surface area contributed by atoms with Crippen molar-refractivity contribution in [3.63, 3.8) is 0 Å². The van der Waals surface area contributed by atoms with Crippen molar-refractivity contribution in [2.75, 3.05) is 20.2 Å². The molecule has 2 fully saturated rings. The normalized spacial score (nSPS) is 21.3. The number of likely N-dealkylation sites (tertiary alicyclic amines) is 1. The number of hydrogen-bond donors (Lipinski definition) is 0. The number of aromatic nitrogens is 3. The highest BCUT2D eigenvalue weighted by atomic mass is 35.5. The number of piperidine rings is 1. The summed E-state index contributed by atoms with van der Waals surface area (Å²) in [5, 5.41) is 5.70. The maximum Gasteiger partial charge on any atom is 0.204 e. The molecule has 1 saturated heterocycles. The Balaban J connectivity index is 1.52. The van der Waals surface area contributed by atoms with E-state index in [0.29, 0.717) is 16.5 Å². The predicted molar refractivity (Wildman–Crippen MR) is 131 cm³/mol. The Morgan fingerprint density at radius 1 is 1.03 bits per heavy atom. The van der Waals surface area contributed by atoms with Gasteiger partial charge in [0.15, 0.2) is 5.82 Å². The fourth-order valence-corrected chi connectivity index (χ4v) is 5.74. The average molecular weight is 469 g/mol. The van der Waals surface area contributed by atoms with E-state index >= 15 is 0 Å². The van der Waals surface area contributed by atoms with E-state index in [1.807, 2.05) is 57.8 Å². The van der Waals surface area contributed by atoms with E-state index < -0.39 is 0 Å². The van der Waals surface area contributed by atoms with E-state index in [9.17, 15) is 0 Å². The third-order valence-corrected chi connectivity index (χ3v) is 7.63. The fourth-order valence-electron chi connectivity index (χ4n) is 5.32. The number of benzene rings is 2. The minimum Gasteiger partial charge on any atom is -0.496 e. The lowest BCUT2D eigenvalue weighted by molar-refractivity contribution is 0.0625. The summed E-state index contributed by atoms with van der Waals surface area (Å²) in [4.78, 5) is 2.52. The van der Waals surface area contributed by atoms with Crippen LogP contribution in [0.4, 0.5) is 0 Å². The molecule has 0 N–H and O–H groups in total. The van der Waals surface area contributed by atoms with Crippen molar-refractivity contribution in [3.8, 4) is 22.8 Å². The van der Waals surface area contributed by atoms with Crippen molar-refractivity contribution in [2.45, 2.75) is 38.8 Å². The van der Waals surface area contributed by atoms with E-state index in [4.69, 9.17) is 33.7 Å². The van der Waals surface area contributed by atoms with Crippen molar-refractivity contribution >= 4 is 23.8 Å². The summed E-state index contributed by atoms with van der Waals surface area (Å²) < 4.78 is 10.3. The van der Waals surface area contributed by atoms with E-state index in [1.165, 1.54) is 32.1 Å². The number of para-hydroxylation sites is 1. The Morgan fingerprint density at radius 2 is 1.78 bits per heavy atom. The molecule has 2 aromatic carbocycles. The van der Waals surface area contributed by atoms with Gasteiger partial charge in [-0.05, 0) is 73.3 Å². The van der Waals surface area contributed by atoms with Gasteiger partial charge in [-0.3, -0.25) is 9.47 Å². The van der Waals surface area contributed by atoms with Crippen molar-refractivity contribution < 1.29 is 4.74 Å². The maximum absolute atomic E-state index is 6.15. The van der Waals surface area contributed by atoms with Crippen molar-refractivity contribution in [1.82, 2.24) is 19.2 Å². The number of halogens is 1. The molecule has 3 aromatic rings. The number of nitrogens with zero attached hydrogens (tertiary/aromatic N) is 4. The summed E-state index contributed by atoms with van der Waals surface area (Å²) in [6.07, 6.45) is 6.83. The summed E-state index contributed by atoms with van der Waals surface area (Å²) in [6, 6.07) is 15.7. The predicted octanol–water partition coefficient (Wildman–Crippen LogP) is 6.20. The Bertz CT molecular complexity index is 1140. The lowest BCUT2D eigenvalue weighted by Crippen LogP contribution is -2.42. The van der Waals surface area contributed by atoms with Gasteiger partial charge < -0.3 is 4.74 Å². The fraction of sp³-hybridized carbons (Fsp3) is 0.440. The molecule has 0 spiro atoms. The first-order valence-electron chi connectivity index (χ1n) is 11.5. The highest BCUT2D eigenvalue weighted by molar-refractivity contribution is 7.71. The molecular formula is C25H29ClN4OS. The van der Waals surface area contributed by atoms with Crippen molar-refractivity contribution in [1.29, 1.82) is 0 Å². The smallest absolute Gasteiger partial charge is 0.204 e. The molecule has 5 rings (SSSR count). The van der Waals surface area contributed by atoms with Gasteiger partial charge in [-0.25, -0.2) is 4.68 Å². The van der Waals surface area contributed by atoms with Gasteiger partial charge in [-0.2, -0.15) is 0 Å². The largest absolute Gasteiger partial charge is 0.496 e. The Labute approximate surface area is 199 Å². The molecule has 168 valence electrons. The van der Waals surface area contributed by atoms with Gasteiger partial charge in [-0.1, -0.05) is 43.0 Å². The molecule has 1 aromatic heterocycles. The second-order valence-corrected chi connectivity index (χ2v) is 9.73. The Morgan fingerprint density at radius 3 is 2.56 bits per heavy atom. The monoisotopic (exact) mass is 468 g/mol. The first-order valence-corrected chi connectivity index (χ1v) is 12.2. The third-order valence-electron chi connectivity index (χ3n) is 6.98. The number of rotatable bonds is 5. The van der Waals surface area contributed by atoms with E-state index in [-0.39, 0.29) is 0 Å². The van der Waals surface area contributed by atoms with Gasteiger partial charge in [0, 0.05) is 18.1 Å². The van der Waals surface area contributed by atoms with Gasteiger partial charge in [0.2, 0.25) is 4.77 Å². The minimum absolute atomic E-state index is 0.680. The van der Waals surface area contributed by atoms with Gasteiger partial charge in [-0.15, -0.1) is 5.10 Å². The van der Waals surface area contributed by atoms with Crippen LogP contribution >= 0.6 is 23.8 Å². The molecule has 1 saturated carbocycles.